The van der Waals surface area contributed by atoms with Gasteiger partial charge in [-0.2, -0.15) is 0 Å². The summed E-state index contributed by atoms with van der Waals surface area (Å²) in [6.07, 6.45) is 10.2. The number of anilines is 1. The number of carbonyl (C=O) groups excluding carboxylic acids is 1. The first kappa shape index (κ1) is 18.1. The zero-order chi connectivity index (χ0) is 19.3. The molecule has 8 heteroatoms. The van der Waals surface area contributed by atoms with Crippen LogP contribution in [0.3, 0.4) is 0 Å². The van der Waals surface area contributed by atoms with Gasteiger partial charge in [0, 0.05) is 31.4 Å². The summed E-state index contributed by atoms with van der Waals surface area (Å²) in [4.78, 5) is 23.3. The predicted octanol–water partition coefficient (Wildman–Crippen LogP) is 2.15. The molecule has 0 radical (unpaired) electrons. The Bertz CT molecular complexity index is 888. The van der Waals surface area contributed by atoms with Crippen LogP contribution >= 0.6 is 0 Å². The molecule has 1 saturated heterocycles. The van der Waals surface area contributed by atoms with Gasteiger partial charge in [0.05, 0.1) is 30.3 Å². The predicted molar refractivity (Wildman–Crippen MR) is 105 cm³/mol. The first-order valence-electron chi connectivity index (χ1n) is 9.48. The molecule has 1 aliphatic rings. The molecule has 144 valence electrons. The molecule has 28 heavy (non-hydrogen) atoms. The molecule has 3 aromatic rings. The van der Waals surface area contributed by atoms with Gasteiger partial charge < -0.3 is 10.2 Å². The molecule has 1 aromatic carbocycles. The van der Waals surface area contributed by atoms with Crippen LogP contribution in [0.15, 0.2) is 55.2 Å². The summed E-state index contributed by atoms with van der Waals surface area (Å²) >= 11 is 0. The molecule has 0 aliphatic carbocycles. The van der Waals surface area contributed by atoms with Crippen LogP contribution in [0.2, 0.25) is 0 Å². The molecule has 1 unspecified atom stereocenters. The number of hydrogen-bond donors (Lipinski definition) is 1. The quantitative estimate of drug-likeness (QED) is 0.733. The Balaban J connectivity index is 1.31. The summed E-state index contributed by atoms with van der Waals surface area (Å²) in [6, 6.07) is 7.94. The van der Waals surface area contributed by atoms with Gasteiger partial charge in [0.2, 0.25) is 5.91 Å². The van der Waals surface area contributed by atoms with E-state index in [-0.39, 0.29) is 17.9 Å². The molecule has 0 bridgehead atoms. The first-order chi connectivity index (χ1) is 13.7. The molecule has 2 aromatic heterocycles. The van der Waals surface area contributed by atoms with E-state index in [1.807, 2.05) is 31.2 Å². The summed E-state index contributed by atoms with van der Waals surface area (Å²) in [7, 11) is 0. The third-order valence-electron chi connectivity index (χ3n) is 5.18. The monoisotopic (exact) mass is 377 g/mol. The number of benzene rings is 1. The number of nitrogens with one attached hydrogen (secondary N) is 1. The van der Waals surface area contributed by atoms with Crippen LogP contribution in [-0.4, -0.2) is 44.0 Å². The third-order valence-corrected chi connectivity index (χ3v) is 5.18. The lowest BCUT2D eigenvalue weighted by atomic mass is 9.95. The van der Waals surface area contributed by atoms with E-state index in [9.17, 15) is 4.79 Å². The topological polar surface area (TPSA) is 88.8 Å². The van der Waals surface area contributed by atoms with Gasteiger partial charge in [-0.1, -0.05) is 17.3 Å². The Morgan fingerprint density at radius 1 is 1.14 bits per heavy atom. The Morgan fingerprint density at radius 3 is 2.57 bits per heavy atom. The van der Waals surface area contributed by atoms with Crippen molar-refractivity contribution < 1.29 is 4.79 Å². The lowest BCUT2D eigenvalue weighted by molar-refractivity contribution is -0.126. The number of hydrogen-bond acceptors (Lipinski definition) is 6. The highest BCUT2D eigenvalue weighted by atomic mass is 16.1. The van der Waals surface area contributed by atoms with Gasteiger partial charge in [0.25, 0.3) is 0 Å². The van der Waals surface area contributed by atoms with Crippen molar-refractivity contribution in [3.63, 3.8) is 0 Å². The Hall–Kier alpha value is -3.29. The molecule has 1 atom stereocenters. The second-order valence-corrected chi connectivity index (χ2v) is 6.99. The Labute approximate surface area is 163 Å². The third kappa shape index (κ3) is 4.00. The standard InChI is InChI=1S/C20H23N7O/c1-15(16-2-4-18(5-3-16)27-13-10-23-25-27)24-20(28)17-6-11-26(12-7-17)19-14-21-8-9-22-19/h2-5,8-10,13-15,17H,6-7,11-12H2,1H3,(H,24,28). The number of aromatic nitrogens is 5. The molecule has 0 spiro atoms. The molecule has 4 rings (SSSR count). The van der Waals surface area contributed by atoms with Crippen LogP contribution in [0.5, 0.6) is 0 Å². The van der Waals surface area contributed by atoms with Gasteiger partial charge in [-0.05, 0) is 37.5 Å². The normalized spacial score (nSPS) is 16.0. The summed E-state index contributed by atoms with van der Waals surface area (Å²) in [5, 5.41) is 11.0. The average molecular weight is 377 g/mol. The SMILES string of the molecule is CC(NC(=O)C1CCN(c2cnccn2)CC1)c1ccc(-n2ccnn2)cc1. The van der Waals surface area contributed by atoms with Crippen LogP contribution in [0.25, 0.3) is 5.69 Å². The van der Waals surface area contributed by atoms with E-state index < -0.39 is 0 Å². The number of rotatable bonds is 5. The van der Waals surface area contributed by atoms with Gasteiger partial charge in [-0.25, -0.2) is 9.67 Å². The maximum atomic E-state index is 12.7. The number of nitrogens with zero attached hydrogens (tertiary/aromatic N) is 6. The first-order valence-corrected chi connectivity index (χ1v) is 9.48. The Kier molecular flexibility index (Phi) is 5.27. The lowest BCUT2D eigenvalue weighted by Gasteiger charge is -2.32. The van der Waals surface area contributed by atoms with Gasteiger partial charge in [-0.3, -0.25) is 9.78 Å². The van der Waals surface area contributed by atoms with Crippen molar-refractivity contribution in [3.05, 3.63) is 60.8 Å². The van der Waals surface area contributed by atoms with Crippen molar-refractivity contribution in [3.8, 4) is 5.69 Å². The smallest absolute Gasteiger partial charge is 0.223 e. The molecule has 1 N–H and O–H groups in total. The summed E-state index contributed by atoms with van der Waals surface area (Å²) < 4.78 is 1.71. The van der Waals surface area contributed by atoms with E-state index in [2.05, 4.69) is 30.5 Å². The van der Waals surface area contributed by atoms with E-state index in [0.717, 1.165) is 43.0 Å². The fourth-order valence-corrected chi connectivity index (χ4v) is 3.50. The molecule has 8 nitrogen and oxygen atoms in total. The fourth-order valence-electron chi connectivity index (χ4n) is 3.50. The number of carbonyl (C=O) groups is 1. The lowest BCUT2D eigenvalue weighted by Crippen LogP contribution is -2.41. The maximum absolute atomic E-state index is 12.7. The average Bonchev–Trinajstić information content (AvgIpc) is 3.29. The highest BCUT2D eigenvalue weighted by Crippen LogP contribution is 2.23. The molecule has 3 heterocycles. The van der Waals surface area contributed by atoms with Crippen LogP contribution in [0, 0.1) is 5.92 Å². The van der Waals surface area contributed by atoms with Crippen LogP contribution < -0.4 is 10.2 Å². The molecule has 1 fully saturated rings. The Morgan fingerprint density at radius 2 is 1.93 bits per heavy atom. The highest BCUT2D eigenvalue weighted by Gasteiger charge is 2.26. The van der Waals surface area contributed by atoms with Gasteiger partial charge in [0.1, 0.15) is 5.82 Å². The fraction of sp³-hybridized carbons (Fsp3) is 0.350. The van der Waals surface area contributed by atoms with Crippen molar-refractivity contribution in [2.24, 2.45) is 5.92 Å². The minimum absolute atomic E-state index is 0.0322. The van der Waals surface area contributed by atoms with Gasteiger partial charge >= 0.3 is 0 Å². The molecular weight excluding hydrogens is 354 g/mol. The van der Waals surface area contributed by atoms with Crippen LogP contribution in [0.1, 0.15) is 31.4 Å². The second-order valence-electron chi connectivity index (χ2n) is 6.99. The zero-order valence-electron chi connectivity index (χ0n) is 15.8. The van der Waals surface area contributed by atoms with E-state index in [1.54, 1.807) is 35.7 Å². The van der Waals surface area contributed by atoms with E-state index in [4.69, 9.17) is 0 Å². The van der Waals surface area contributed by atoms with Gasteiger partial charge in [0.15, 0.2) is 0 Å². The summed E-state index contributed by atoms with van der Waals surface area (Å²) in [5.74, 6) is 1.03. The molecular formula is C20H23N7O. The van der Waals surface area contributed by atoms with Crippen molar-refractivity contribution >= 4 is 11.7 Å². The minimum atomic E-state index is -0.0460. The number of amides is 1. The molecule has 1 aliphatic heterocycles. The second kappa shape index (κ2) is 8.16. The van der Waals surface area contributed by atoms with E-state index >= 15 is 0 Å². The van der Waals surface area contributed by atoms with Crippen LogP contribution in [-0.2, 0) is 4.79 Å². The van der Waals surface area contributed by atoms with Crippen LogP contribution in [0.4, 0.5) is 5.82 Å². The molecule has 0 saturated carbocycles. The van der Waals surface area contributed by atoms with Crippen molar-refractivity contribution in [1.29, 1.82) is 0 Å². The summed E-state index contributed by atoms with van der Waals surface area (Å²) in [6.45, 7) is 3.65. The zero-order valence-corrected chi connectivity index (χ0v) is 15.8. The summed E-state index contributed by atoms with van der Waals surface area (Å²) in [5.41, 5.74) is 2.00. The van der Waals surface area contributed by atoms with Crippen molar-refractivity contribution in [1.82, 2.24) is 30.3 Å². The highest BCUT2D eigenvalue weighted by molar-refractivity contribution is 5.79. The van der Waals surface area contributed by atoms with Crippen molar-refractivity contribution in [2.75, 3.05) is 18.0 Å². The number of piperidine rings is 1. The maximum Gasteiger partial charge on any atom is 0.223 e. The van der Waals surface area contributed by atoms with E-state index in [1.165, 1.54) is 0 Å². The van der Waals surface area contributed by atoms with Crippen molar-refractivity contribution in [2.45, 2.75) is 25.8 Å². The van der Waals surface area contributed by atoms with Gasteiger partial charge in [-0.15, -0.1) is 5.10 Å². The molecule has 1 amide bonds. The van der Waals surface area contributed by atoms with E-state index in [0.29, 0.717) is 0 Å². The largest absolute Gasteiger partial charge is 0.355 e. The minimum Gasteiger partial charge on any atom is -0.355 e.